The first kappa shape index (κ1) is 23.0. The van der Waals surface area contributed by atoms with Gasteiger partial charge >= 0.3 is 5.97 Å². The first-order valence-corrected chi connectivity index (χ1v) is 10.3. The SMILES string of the molecule is CCC/C=C\C/C=C\CCCCCCCc1cccc(OC)c1C(=O)OC. The molecule has 1 aromatic rings. The van der Waals surface area contributed by atoms with Crippen LogP contribution in [0.4, 0.5) is 0 Å². The lowest BCUT2D eigenvalue weighted by Crippen LogP contribution is -2.08. The van der Waals surface area contributed by atoms with Gasteiger partial charge in [-0.3, -0.25) is 0 Å². The van der Waals surface area contributed by atoms with Crippen LogP contribution in [0.2, 0.25) is 0 Å². The number of hydrogen-bond acceptors (Lipinski definition) is 3. The van der Waals surface area contributed by atoms with Gasteiger partial charge in [-0.25, -0.2) is 4.79 Å². The van der Waals surface area contributed by atoms with Gasteiger partial charge in [0.1, 0.15) is 11.3 Å². The van der Waals surface area contributed by atoms with E-state index in [4.69, 9.17) is 9.47 Å². The highest BCUT2D eigenvalue weighted by molar-refractivity contribution is 5.94. The standard InChI is InChI=1S/C24H36O3/c1-4-5-6-7-8-9-10-11-12-13-14-15-16-18-21-19-17-20-22(26-2)23(21)24(25)27-3/h6-7,9-10,17,19-20H,4-5,8,11-16,18H2,1-3H3/b7-6-,10-9-. The second-order valence-electron chi connectivity index (χ2n) is 6.76. The van der Waals surface area contributed by atoms with Gasteiger partial charge in [0.05, 0.1) is 14.2 Å². The molecule has 3 heteroatoms. The van der Waals surface area contributed by atoms with Crippen molar-refractivity contribution in [2.24, 2.45) is 0 Å². The third-order valence-corrected chi connectivity index (χ3v) is 4.60. The van der Waals surface area contributed by atoms with E-state index in [0.717, 1.165) is 24.8 Å². The normalized spacial score (nSPS) is 11.4. The number of hydrogen-bond donors (Lipinski definition) is 0. The molecule has 0 aliphatic heterocycles. The molecule has 1 aromatic carbocycles. The molecule has 0 radical (unpaired) electrons. The largest absolute Gasteiger partial charge is 0.496 e. The van der Waals surface area contributed by atoms with E-state index in [9.17, 15) is 4.79 Å². The zero-order chi connectivity index (χ0) is 19.7. The molecule has 0 spiro atoms. The summed E-state index contributed by atoms with van der Waals surface area (Å²) in [7, 11) is 3.00. The predicted molar refractivity (Wildman–Crippen MR) is 114 cm³/mol. The molecule has 0 unspecified atom stereocenters. The molecule has 1 rings (SSSR count). The van der Waals surface area contributed by atoms with Crippen LogP contribution >= 0.6 is 0 Å². The molecule has 27 heavy (non-hydrogen) atoms. The molecule has 150 valence electrons. The summed E-state index contributed by atoms with van der Waals surface area (Å²) in [5.74, 6) is 0.273. The molecule has 0 saturated carbocycles. The molecule has 0 aromatic heterocycles. The van der Waals surface area contributed by atoms with Gasteiger partial charge in [-0.2, -0.15) is 0 Å². The fraction of sp³-hybridized carbons (Fsp3) is 0.542. The second kappa shape index (κ2) is 15.1. The lowest BCUT2D eigenvalue weighted by molar-refractivity contribution is 0.0595. The van der Waals surface area contributed by atoms with Gasteiger partial charge in [0.15, 0.2) is 0 Å². The number of benzene rings is 1. The van der Waals surface area contributed by atoms with E-state index < -0.39 is 0 Å². The van der Waals surface area contributed by atoms with Gasteiger partial charge in [0, 0.05) is 0 Å². The third kappa shape index (κ3) is 9.46. The first-order valence-electron chi connectivity index (χ1n) is 10.3. The molecule has 0 atom stereocenters. The van der Waals surface area contributed by atoms with Crippen molar-refractivity contribution in [1.82, 2.24) is 0 Å². The predicted octanol–water partition coefficient (Wildman–Crippen LogP) is 6.67. The minimum atomic E-state index is -0.321. The van der Waals surface area contributed by atoms with Crippen LogP contribution in [-0.4, -0.2) is 20.2 Å². The Kier molecular flexibility index (Phi) is 12.8. The summed E-state index contributed by atoms with van der Waals surface area (Å²) in [6.45, 7) is 2.20. The molecule has 0 fully saturated rings. The summed E-state index contributed by atoms with van der Waals surface area (Å²) in [5, 5.41) is 0. The van der Waals surface area contributed by atoms with Gasteiger partial charge in [-0.05, 0) is 50.2 Å². The number of unbranched alkanes of at least 4 members (excludes halogenated alkanes) is 6. The zero-order valence-corrected chi connectivity index (χ0v) is 17.3. The van der Waals surface area contributed by atoms with Crippen molar-refractivity contribution in [1.29, 1.82) is 0 Å². The lowest BCUT2D eigenvalue weighted by Gasteiger charge is -2.12. The molecule has 0 aliphatic rings. The number of methoxy groups -OCH3 is 2. The molecule has 0 heterocycles. The number of aryl methyl sites for hydroxylation is 1. The Labute approximate surface area is 165 Å². The highest BCUT2D eigenvalue weighted by Gasteiger charge is 2.17. The Morgan fingerprint density at radius 3 is 2.33 bits per heavy atom. The quantitative estimate of drug-likeness (QED) is 0.208. The van der Waals surface area contributed by atoms with Crippen LogP contribution < -0.4 is 4.74 Å². The Morgan fingerprint density at radius 1 is 0.926 bits per heavy atom. The van der Waals surface area contributed by atoms with Crippen molar-refractivity contribution < 1.29 is 14.3 Å². The summed E-state index contributed by atoms with van der Waals surface area (Å²) in [4.78, 5) is 12.0. The number of allylic oxidation sites excluding steroid dienone is 4. The van der Waals surface area contributed by atoms with Gasteiger partial charge in [-0.1, -0.05) is 69.0 Å². The number of esters is 1. The van der Waals surface area contributed by atoms with E-state index in [1.807, 2.05) is 18.2 Å². The average molecular weight is 373 g/mol. The molecule has 0 aliphatic carbocycles. The van der Waals surface area contributed by atoms with Gasteiger partial charge in [-0.15, -0.1) is 0 Å². The van der Waals surface area contributed by atoms with Gasteiger partial charge < -0.3 is 9.47 Å². The van der Waals surface area contributed by atoms with Crippen LogP contribution in [0.15, 0.2) is 42.5 Å². The summed E-state index contributed by atoms with van der Waals surface area (Å²) in [5.41, 5.74) is 1.58. The molecular formula is C24H36O3. The number of carbonyl (C=O) groups excluding carboxylic acids is 1. The van der Waals surface area contributed by atoms with Gasteiger partial charge in [0.2, 0.25) is 0 Å². The smallest absolute Gasteiger partial charge is 0.341 e. The molecule has 3 nitrogen and oxygen atoms in total. The lowest BCUT2D eigenvalue weighted by atomic mass is 9.99. The van der Waals surface area contributed by atoms with Crippen LogP contribution in [0.1, 0.15) is 80.6 Å². The van der Waals surface area contributed by atoms with Crippen molar-refractivity contribution in [2.45, 2.75) is 71.1 Å². The summed E-state index contributed by atoms with van der Waals surface area (Å²) in [6, 6.07) is 5.74. The summed E-state index contributed by atoms with van der Waals surface area (Å²) < 4.78 is 10.2. The number of carbonyl (C=O) groups is 1. The van der Waals surface area contributed by atoms with Crippen molar-refractivity contribution in [3.05, 3.63) is 53.6 Å². The van der Waals surface area contributed by atoms with Crippen molar-refractivity contribution in [3.8, 4) is 5.75 Å². The molecule has 0 bridgehead atoms. The van der Waals surface area contributed by atoms with Crippen LogP contribution in [0.5, 0.6) is 5.75 Å². The van der Waals surface area contributed by atoms with Crippen LogP contribution in [0, 0.1) is 0 Å². The fourth-order valence-electron chi connectivity index (χ4n) is 3.07. The van der Waals surface area contributed by atoms with E-state index in [1.54, 1.807) is 7.11 Å². The van der Waals surface area contributed by atoms with Crippen molar-refractivity contribution >= 4 is 5.97 Å². The Balaban J connectivity index is 2.22. The van der Waals surface area contributed by atoms with E-state index >= 15 is 0 Å². The minimum Gasteiger partial charge on any atom is -0.496 e. The second-order valence-corrected chi connectivity index (χ2v) is 6.76. The maximum atomic E-state index is 12.0. The molecule has 0 N–H and O–H groups in total. The number of rotatable bonds is 14. The monoisotopic (exact) mass is 372 g/mol. The van der Waals surface area contributed by atoms with Gasteiger partial charge in [0.25, 0.3) is 0 Å². The van der Waals surface area contributed by atoms with Crippen molar-refractivity contribution in [2.75, 3.05) is 14.2 Å². The summed E-state index contributed by atoms with van der Waals surface area (Å²) >= 11 is 0. The third-order valence-electron chi connectivity index (χ3n) is 4.60. The maximum absolute atomic E-state index is 12.0. The Morgan fingerprint density at radius 2 is 1.63 bits per heavy atom. The molecule has 0 saturated heterocycles. The topological polar surface area (TPSA) is 35.5 Å². The van der Waals surface area contributed by atoms with Crippen LogP contribution in [0.25, 0.3) is 0 Å². The van der Waals surface area contributed by atoms with Crippen molar-refractivity contribution in [3.63, 3.8) is 0 Å². The van der Waals surface area contributed by atoms with Crippen LogP contribution in [-0.2, 0) is 11.2 Å². The Hall–Kier alpha value is -2.03. The molecular weight excluding hydrogens is 336 g/mol. The minimum absolute atomic E-state index is 0.321. The fourth-order valence-corrected chi connectivity index (χ4v) is 3.07. The zero-order valence-electron chi connectivity index (χ0n) is 17.3. The average Bonchev–Trinajstić information content (AvgIpc) is 2.70. The number of ether oxygens (including phenoxy) is 2. The highest BCUT2D eigenvalue weighted by atomic mass is 16.5. The highest BCUT2D eigenvalue weighted by Crippen LogP contribution is 2.25. The van der Waals surface area contributed by atoms with E-state index in [1.165, 1.54) is 52.1 Å². The first-order chi connectivity index (χ1) is 13.2. The van der Waals surface area contributed by atoms with E-state index in [2.05, 4.69) is 31.2 Å². The van der Waals surface area contributed by atoms with E-state index in [0.29, 0.717) is 11.3 Å². The molecule has 0 amide bonds. The van der Waals surface area contributed by atoms with Crippen LogP contribution in [0.3, 0.4) is 0 Å². The maximum Gasteiger partial charge on any atom is 0.341 e. The van der Waals surface area contributed by atoms with E-state index in [-0.39, 0.29) is 5.97 Å². The Bertz CT molecular complexity index is 587. The summed E-state index contributed by atoms with van der Waals surface area (Å²) in [6.07, 6.45) is 20.6.